The van der Waals surface area contributed by atoms with Gasteiger partial charge in [0.25, 0.3) is 0 Å². The van der Waals surface area contributed by atoms with E-state index in [1.54, 1.807) is 0 Å². The predicted molar refractivity (Wildman–Crippen MR) is 102 cm³/mol. The average molecular weight is 317 g/mol. The van der Waals surface area contributed by atoms with Gasteiger partial charge in [-0.3, -0.25) is 4.90 Å². The Labute approximate surface area is 146 Å². The molecule has 1 aliphatic heterocycles. The van der Waals surface area contributed by atoms with E-state index >= 15 is 0 Å². The summed E-state index contributed by atoms with van der Waals surface area (Å²) in [4.78, 5) is 2.62. The zero-order valence-electron chi connectivity index (χ0n) is 14.7. The number of nitrogens with zero attached hydrogens (tertiary/aromatic N) is 1. The van der Waals surface area contributed by atoms with Crippen molar-refractivity contribution >= 4 is 0 Å². The van der Waals surface area contributed by atoms with Crippen LogP contribution >= 0.6 is 0 Å². The minimum absolute atomic E-state index is 0.0433. The van der Waals surface area contributed by atoms with E-state index in [4.69, 9.17) is 0 Å². The summed E-state index contributed by atoms with van der Waals surface area (Å²) >= 11 is 0. The quantitative estimate of drug-likeness (QED) is 0.680. The number of hydrogen-bond donors (Lipinski definition) is 0. The minimum atomic E-state index is 0.0433. The summed E-state index contributed by atoms with van der Waals surface area (Å²) in [5.41, 5.74) is 2.56. The lowest BCUT2D eigenvalue weighted by Crippen LogP contribution is -2.42. The SMILES string of the molecule is CCCCC1(C#Cc2ccccc2)CCCN1Cc1ccccc1. The smallest absolute Gasteiger partial charge is 0.0832 e. The van der Waals surface area contributed by atoms with Gasteiger partial charge in [0.1, 0.15) is 0 Å². The van der Waals surface area contributed by atoms with Crippen LogP contribution in [0.15, 0.2) is 60.7 Å². The molecule has 1 saturated heterocycles. The van der Waals surface area contributed by atoms with E-state index in [0.717, 1.165) is 18.7 Å². The van der Waals surface area contributed by atoms with Gasteiger partial charge in [-0.1, -0.05) is 80.1 Å². The first-order chi connectivity index (χ1) is 11.8. The van der Waals surface area contributed by atoms with Gasteiger partial charge in [0.05, 0.1) is 5.54 Å². The third-order valence-electron chi connectivity index (χ3n) is 5.00. The van der Waals surface area contributed by atoms with E-state index in [1.165, 1.54) is 37.7 Å². The minimum Gasteiger partial charge on any atom is -0.283 e. The van der Waals surface area contributed by atoms with Gasteiger partial charge in [-0.25, -0.2) is 0 Å². The van der Waals surface area contributed by atoms with Crippen LogP contribution in [0.25, 0.3) is 0 Å². The number of likely N-dealkylation sites (tertiary alicyclic amines) is 1. The number of rotatable bonds is 5. The Morgan fingerprint density at radius 3 is 2.42 bits per heavy atom. The molecule has 124 valence electrons. The van der Waals surface area contributed by atoms with Crippen LogP contribution in [-0.2, 0) is 6.54 Å². The van der Waals surface area contributed by atoms with Gasteiger partial charge < -0.3 is 0 Å². The van der Waals surface area contributed by atoms with Crippen molar-refractivity contribution in [2.24, 2.45) is 0 Å². The first kappa shape index (κ1) is 16.8. The van der Waals surface area contributed by atoms with Crippen molar-refractivity contribution in [2.75, 3.05) is 6.54 Å². The van der Waals surface area contributed by atoms with E-state index in [-0.39, 0.29) is 5.54 Å². The highest BCUT2D eigenvalue weighted by atomic mass is 15.2. The number of benzene rings is 2. The van der Waals surface area contributed by atoms with Gasteiger partial charge in [-0.2, -0.15) is 0 Å². The van der Waals surface area contributed by atoms with Gasteiger partial charge >= 0.3 is 0 Å². The topological polar surface area (TPSA) is 3.24 Å². The molecule has 1 aliphatic rings. The molecule has 0 aliphatic carbocycles. The molecule has 24 heavy (non-hydrogen) atoms. The summed E-state index contributed by atoms with van der Waals surface area (Å²) in [6.45, 7) is 4.44. The van der Waals surface area contributed by atoms with Crippen molar-refractivity contribution in [3.05, 3.63) is 71.8 Å². The second-order valence-corrected chi connectivity index (χ2v) is 6.76. The molecule has 0 aromatic heterocycles. The first-order valence-corrected chi connectivity index (χ1v) is 9.20. The Morgan fingerprint density at radius 2 is 1.71 bits per heavy atom. The molecule has 1 heterocycles. The zero-order chi connectivity index (χ0) is 16.7. The fourth-order valence-corrected chi connectivity index (χ4v) is 3.64. The molecule has 1 heteroatoms. The highest BCUT2D eigenvalue weighted by molar-refractivity contribution is 5.37. The Hall–Kier alpha value is -2.04. The van der Waals surface area contributed by atoms with E-state index in [9.17, 15) is 0 Å². The lowest BCUT2D eigenvalue weighted by Gasteiger charge is -2.34. The molecular formula is C23H27N. The standard InChI is InChI=1S/C23H27N/c1-2-3-16-23(18-15-21-11-6-4-7-12-21)17-10-19-24(23)20-22-13-8-5-9-14-22/h4-9,11-14H,2-3,10,16-17,19-20H2,1H3. The fourth-order valence-electron chi connectivity index (χ4n) is 3.64. The summed E-state index contributed by atoms with van der Waals surface area (Å²) < 4.78 is 0. The van der Waals surface area contributed by atoms with Crippen LogP contribution in [-0.4, -0.2) is 17.0 Å². The van der Waals surface area contributed by atoms with Crippen LogP contribution in [0.1, 0.15) is 50.2 Å². The van der Waals surface area contributed by atoms with Gasteiger partial charge in [0, 0.05) is 18.7 Å². The van der Waals surface area contributed by atoms with Crippen LogP contribution in [0.3, 0.4) is 0 Å². The van der Waals surface area contributed by atoms with Crippen LogP contribution in [0, 0.1) is 11.8 Å². The maximum absolute atomic E-state index is 3.69. The van der Waals surface area contributed by atoms with Crippen molar-refractivity contribution in [3.63, 3.8) is 0 Å². The Balaban J connectivity index is 1.85. The van der Waals surface area contributed by atoms with Gasteiger partial charge in [-0.15, -0.1) is 0 Å². The van der Waals surface area contributed by atoms with E-state index in [1.807, 2.05) is 0 Å². The van der Waals surface area contributed by atoms with Crippen LogP contribution < -0.4 is 0 Å². The summed E-state index contributed by atoms with van der Waals surface area (Å²) in [5, 5.41) is 0. The van der Waals surface area contributed by atoms with E-state index < -0.39 is 0 Å². The molecule has 0 amide bonds. The molecule has 2 aromatic rings. The Morgan fingerprint density at radius 1 is 1.00 bits per heavy atom. The van der Waals surface area contributed by atoms with Crippen molar-refractivity contribution in [3.8, 4) is 11.8 Å². The van der Waals surface area contributed by atoms with Crippen LogP contribution in [0.2, 0.25) is 0 Å². The fraction of sp³-hybridized carbons (Fsp3) is 0.391. The highest BCUT2D eigenvalue weighted by Gasteiger charge is 2.38. The molecule has 1 nitrogen and oxygen atoms in total. The lowest BCUT2D eigenvalue weighted by atomic mass is 9.89. The van der Waals surface area contributed by atoms with Gasteiger partial charge in [0.15, 0.2) is 0 Å². The largest absolute Gasteiger partial charge is 0.283 e. The van der Waals surface area contributed by atoms with Crippen molar-refractivity contribution in [2.45, 2.75) is 51.1 Å². The average Bonchev–Trinajstić information content (AvgIpc) is 3.03. The summed E-state index contributed by atoms with van der Waals surface area (Å²) in [6.07, 6.45) is 6.10. The van der Waals surface area contributed by atoms with E-state index in [0.29, 0.717) is 0 Å². The van der Waals surface area contributed by atoms with Crippen molar-refractivity contribution < 1.29 is 0 Å². The summed E-state index contributed by atoms with van der Waals surface area (Å²) in [6, 6.07) is 21.2. The van der Waals surface area contributed by atoms with Crippen molar-refractivity contribution in [1.82, 2.24) is 4.90 Å². The van der Waals surface area contributed by atoms with Crippen LogP contribution in [0.4, 0.5) is 0 Å². The zero-order valence-corrected chi connectivity index (χ0v) is 14.7. The molecule has 0 saturated carbocycles. The van der Waals surface area contributed by atoms with Gasteiger partial charge in [0.2, 0.25) is 0 Å². The molecule has 1 unspecified atom stereocenters. The third kappa shape index (κ3) is 4.08. The molecule has 0 radical (unpaired) electrons. The summed E-state index contributed by atoms with van der Waals surface area (Å²) in [5.74, 6) is 7.15. The molecule has 3 rings (SSSR count). The lowest BCUT2D eigenvalue weighted by molar-refractivity contribution is 0.171. The monoisotopic (exact) mass is 317 g/mol. The van der Waals surface area contributed by atoms with Gasteiger partial charge in [-0.05, 0) is 37.0 Å². The molecule has 0 spiro atoms. The molecule has 1 fully saturated rings. The highest BCUT2D eigenvalue weighted by Crippen LogP contribution is 2.35. The molecule has 1 atom stereocenters. The third-order valence-corrected chi connectivity index (χ3v) is 5.00. The normalized spacial score (nSPS) is 20.5. The van der Waals surface area contributed by atoms with Crippen LogP contribution in [0.5, 0.6) is 0 Å². The number of hydrogen-bond acceptors (Lipinski definition) is 1. The maximum atomic E-state index is 3.69. The second-order valence-electron chi connectivity index (χ2n) is 6.76. The van der Waals surface area contributed by atoms with Crippen molar-refractivity contribution in [1.29, 1.82) is 0 Å². The van der Waals surface area contributed by atoms with E-state index in [2.05, 4.69) is 84.3 Å². The molecule has 2 aromatic carbocycles. The second kappa shape index (κ2) is 8.18. The number of unbranched alkanes of at least 4 members (excludes halogenated alkanes) is 1. The molecular weight excluding hydrogens is 290 g/mol. The Bertz CT molecular complexity index is 680. The summed E-state index contributed by atoms with van der Waals surface area (Å²) in [7, 11) is 0. The predicted octanol–water partition coefficient (Wildman–Crippen LogP) is 5.26. The Kier molecular flexibility index (Phi) is 5.72. The molecule has 0 bridgehead atoms. The maximum Gasteiger partial charge on any atom is 0.0832 e. The molecule has 0 N–H and O–H groups in total. The first-order valence-electron chi connectivity index (χ1n) is 9.20.